The Bertz CT molecular complexity index is 1120. The molecular weight excluding hydrogens is 332 g/mol. The first kappa shape index (κ1) is 22.5. The van der Waals surface area contributed by atoms with Crippen LogP contribution in [0.4, 0.5) is 0 Å². The number of rotatable bonds is 2. The Balaban J connectivity index is 4.43. The summed E-state index contributed by atoms with van der Waals surface area (Å²) in [6, 6.07) is 0. The fourth-order valence-electron chi connectivity index (χ4n) is 0.880. The van der Waals surface area contributed by atoms with Crippen LogP contribution in [0.5, 0.6) is 0 Å². The van der Waals surface area contributed by atoms with E-state index in [0.717, 1.165) is 0 Å². The smallest absolute Gasteiger partial charge is 0.325 e. The standard InChI is InChI=1S/C25H14O2/c1-5-7-8-9-10-11-12-13-14-15-16-17-18-19-20-21-22-23-27-24(26)25(3,4)6-2/h6H2,1-4H3. The third-order valence-electron chi connectivity index (χ3n) is 2.69. The van der Waals surface area contributed by atoms with Gasteiger partial charge in [-0.1, -0.05) is 12.8 Å². The molecule has 27 heavy (non-hydrogen) atoms. The van der Waals surface area contributed by atoms with Crippen LogP contribution in [0, 0.1) is 112 Å². The number of esters is 1. The highest BCUT2D eigenvalue weighted by Gasteiger charge is 2.26. The normalized spacial score (nSPS) is 6.37. The summed E-state index contributed by atoms with van der Waals surface area (Å²) in [5.74, 6) is 42.0. The molecule has 0 aromatic heterocycles. The number of ether oxygens (including phenoxy) is 1. The molecule has 2 nitrogen and oxygen atoms in total. The molecule has 0 heterocycles. The Kier molecular flexibility index (Phi) is 12.6. The summed E-state index contributed by atoms with van der Waals surface area (Å²) in [6.07, 6.45) is 2.90. The molecule has 0 fully saturated rings. The van der Waals surface area contributed by atoms with Gasteiger partial charge in [-0.25, -0.2) is 0 Å². The summed E-state index contributed by atoms with van der Waals surface area (Å²) in [5.41, 5.74) is -0.562. The van der Waals surface area contributed by atoms with Crippen LogP contribution in [-0.4, -0.2) is 5.97 Å². The molecule has 0 radical (unpaired) electrons. The highest BCUT2D eigenvalue weighted by atomic mass is 16.5. The molecule has 0 aromatic carbocycles. The maximum absolute atomic E-state index is 11.6. The quantitative estimate of drug-likeness (QED) is 0.565. The number of carbonyl (C=O) groups is 1. The molecule has 0 bridgehead atoms. The van der Waals surface area contributed by atoms with E-state index in [1.807, 2.05) is 6.92 Å². The maximum atomic E-state index is 11.6. The van der Waals surface area contributed by atoms with Crippen molar-refractivity contribution in [2.24, 2.45) is 5.41 Å². The van der Waals surface area contributed by atoms with E-state index < -0.39 is 5.41 Å². The van der Waals surface area contributed by atoms with E-state index in [2.05, 4.69) is 107 Å². The third-order valence-corrected chi connectivity index (χ3v) is 2.69. The van der Waals surface area contributed by atoms with Crippen molar-refractivity contribution in [3.05, 3.63) is 0 Å². The Hall–Kier alpha value is -4.49. The second-order valence-electron chi connectivity index (χ2n) is 4.98. The molecule has 0 aliphatic carbocycles. The van der Waals surface area contributed by atoms with E-state index in [1.165, 1.54) is 0 Å². The molecule has 0 aliphatic heterocycles. The van der Waals surface area contributed by atoms with Gasteiger partial charge in [-0.05, 0) is 74.6 Å². The lowest BCUT2D eigenvalue weighted by molar-refractivity contribution is -0.146. The van der Waals surface area contributed by atoms with Crippen LogP contribution in [-0.2, 0) is 9.53 Å². The van der Waals surface area contributed by atoms with E-state index in [0.29, 0.717) is 6.42 Å². The van der Waals surface area contributed by atoms with Gasteiger partial charge in [0.25, 0.3) is 0 Å². The molecule has 0 N–H and O–H groups in total. The van der Waals surface area contributed by atoms with Crippen LogP contribution in [0.3, 0.4) is 0 Å². The molecule has 0 amide bonds. The summed E-state index contributed by atoms with van der Waals surface area (Å²) in [5, 5.41) is 0. The fraction of sp³-hybridized carbons (Fsp3) is 0.240. The molecule has 0 saturated heterocycles. The maximum Gasteiger partial charge on any atom is 0.325 e. The van der Waals surface area contributed by atoms with Gasteiger partial charge in [0.2, 0.25) is 0 Å². The Labute approximate surface area is 162 Å². The number of hydrogen-bond acceptors (Lipinski definition) is 2. The first-order chi connectivity index (χ1) is 13.0. The zero-order valence-electron chi connectivity index (χ0n) is 15.5. The average molecular weight is 346 g/mol. The summed E-state index contributed by atoms with van der Waals surface area (Å²) < 4.78 is 4.79. The van der Waals surface area contributed by atoms with Crippen LogP contribution >= 0.6 is 0 Å². The minimum Gasteiger partial charge on any atom is -0.371 e. The molecule has 2 heteroatoms. The highest BCUT2D eigenvalue weighted by molar-refractivity contribution is 5.76. The summed E-state index contributed by atoms with van der Waals surface area (Å²) >= 11 is 0. The Morgan fingerprint density at radius 1 is 0.667 bits per heavy atom. The zero-order chi connectivity index (χ0) is 20.2. The van der Waals surface area contributed by atoms with Gasteiger partial charge in [0.05, 0.1) is 5.41 Å². The molecule has 0 aliphatic rings. The van der Waals surface area contributed by atoms with Crippen molar-refractivity contribution in [2.45, 2.75) is 34.1 Å². The minimum absolute atomic E-state index is 0.386. The molecule has 126 valence electrons. The van der Waals surface area contributed by atoms with E-state index in [9.17, 15) is 4.79 Å². The molecule has 0 atom stereocenters. The third kappa shape index (κ3) is 13.6. The molecule has 0 rings (SSSR count). The topological polar surface area (TPSA) is 26.3 Å². The van der Waals surface area contributed by atoms with Gasteiger partial charge in [0.15, 0.2) is 0 Å². The summed E-state index contributed by atoms with van der Waals surface area (Å²) in [7, 11) is 0. The van der Waals surface area contributed by atoms with Crippen molar-refractivity contribution in [1.82, 2.24) is 0 Å². The van der Waals surface area contributed by atoms with Crippen molar-refractivity contribution in [3.63, 3.8) is 0 Å². The first-order valence-electron chi connectivity index (χ1n) is 7.67. The molecular formula is C25H14O2. The van der Waals surface area contributed by atoms with Crippen LogP contribution < -0.4 is 0 Å². The number of carbonyl (C=O) groups excluding carboxylic acids is 1. The molecule has 0 saturated carbocycles. The summed E-state index contributed by atoms with van der Waals surface area (Å²) in [6.45, 7) is 7.16. The van der Waals surface area contributed by atoms with Crippen LogP contribution in [0.2, 0.25) is 0 Å². The zero-order valence-corrected chi connectivity index (χ0v) is 15.5. The lowest BCUT2D eigenvalue weighted by Gasteiger charge is -2.17. The second kappa shape index (κ2) is 15.1. The highest BCUT2D eigenvalue weighted by Crippen LogP contribution is 2.20. The van der Waals surface area contributed by atoms with Crippen molar-refractivity contribution in [1.29, 1.82) is 0 Å². The first-order valence-corrected chi connectivity index (χ1v) is 7.67. The van der Waals surface area contributed by atoms with E-state index in [1.54, 1.807) is 20.8 Å². The lowest BCUT2D eigenvalue weighted by Crippen LogP contribution is -2.24. The van der Waals surface area contributed by atoms with Crippen LogP contribution in [0.25, 0.3) is 0 Å². The van der Waals surface area contributed by atoms with E-state index >= 15 is 0 Å². The predicted octanol–water partition coefficient (Wildman–Crippen LogP) is 1.97. The van der Waals surface area contributed by atoms with Gasteiger partial charge in [-0.2, -0.15) is 0 Å². The minimum atomic E-state index is -0.562. The largest absolute Gasteiger partial charge is 0.371 e. The molecule has 0 unspecified atom stereocenters. The lowest BCUT2D eigenvalue weighted by atomic mass is 9.91. The van der Waals surface area contributed by atoms with E-state index in [-0.39, 0.29) is 5.97 Å². The summed E-state index contributed by atoms with van der Waals surface area (Å²) in [4.78, 5) is 11.6. The monoisotopic (exact) mass is 346 g/mol. The van der Waals surface area contributed by atoms with Gasteiger partial charge in [-0.3, -0.25) is 4.79 Å². The van der Waals surface area contributed by atoms with Gasteiger partial charge in [0.1, 0.15) is 6.11 Å². The van der Waals surface area contributed by atoms with Crippen molar-refractivity contribution in [3.8, 4) is 107 Å². The van der Waals surface area contributed by atoms with E-state index in [4.69, 9.17) is 4.74 Å². The number of hydrogen-bond donors (Lipinski definition) is 0. The Morgan fingerprint density at radius 2 is 1.00 bits per heavy atom. The van der Waals surface area contributed by atoms with Gasteiger partial charge >= 0.3 is 5.97 Å². The van der Waals surface area contributed by atoms with Gasteiger partial charge in [-0.15, -0.1) is 0 Å². The second-order valence-corrected chi connectivity index (χ2v) is 4.98. The Morgan fingerprint density at radius 3 is 1.33 bits per heavy atom. The fourth-order valence-corrected chi connectivity index (χ4v) is 0.880. The average Bonchev–Trinajstić information content (AvgIpc) is 2.66. The van der Waals surface area contributed by atoms with Crippen LogP contribution in [0.15, 0.2) is 0 Å². The van der Waals surface area contributed by atoms with Crippen molar-refractivity contribution in [2.75, 3.05) is 0 Å². The van der Waals surface area contributed by atoms with Gasteiger partial charge < -0.3 is 4.74 Å². The SMILES string of the molecule is CC#CC#CC#CC#CC#CC#CC#CC#CC#COC(=O)C(C)(C)CC. The van der Waals surface area contributed by atoms with Crippen molar-refractivity contribution >= 4 is 5.97 Å². The van der Waals surface area contributed by atoms with Crippen molar-refractivity contribution < 1.29 is 9.53 Å². The molecule has 0 aromatic rings. The molecule has 0 spiro atoms. The van der Waals surface area contributed by atoms with Gasteiger partial charge in [0, 0.05) is 47.4 Å². The predicted molar refractivity (Wildman–Crippen MR) is 106 cm³/mol. The van der Waals surface area contributed by atoms with Crippen LogP contribution in [0.1, 0.15) is 34.1 Å².